The van der Waals surface area contributed by atoms with E-state index in [2.05, 4.69) is 39.4 Å². The SMILES string of the molecule is Brc1ccc2c(c1)C(NCC1CC1)CCC2. The lowest BCUT2D eigenvalue weighted by molar-refractivity contribution is 0.450. The second-order valence-electron chi connectivity index (χ2n) is 5.14. The van der Waals surface area contributed by atoms with Gasteiger partial charge in [-0.2, -0.15) is 0 Å². The van der Waals surface area contributed by atoms with E-state index in [4.69, 9.17) is 0 Å². The third kappa shape index (κ3) is 2.33. The Morgan fingerprint density at radius 3 is 2.94 bits per heavy atom. The Hall–Kier alpha value is -0.340. The lowest BCUT2D eigenvalue weighted by Crippen LogP contribution is -2.26. The van der Waals surface area contributed by atoms with E-state index in [0.717, 1.165) is 5.92 Å². The third-order valence-corrected chi connectivity index (χ3v) is 4.27. The van der Waals surface area contributed by atoms with Gasteiger partial charge in [-0.3, -0.25) is 0 Å². The fourth-order valence-corrected chi connectivity index (χ4v) is 2.99. The van der Waals surface area contributed by atoms with Crippen LogP contribution in [0.25, 0.3) is 0 Å². The lowest BCUT2D eigenvalue weighted by Gasteiger charge is -2.26. The molecular formula is C14H18BrN. The van der Waals surface area contributed by atoms with Crippen molar-refractivity contribution < 1.29 is 0 Å². The molecule has 1 N–H and O–H groups in total. The van der Waals surface area contributed by atoms with Crippen LogP contribution in [0.3, 0.4) is 0 Å². The fraction of sp³-hybridized carbons (Fsp3) is 0.571. The van der Waals surface area contributed by atoms with Crippen molar-refractivity contribution in [3.05, 3.63) is 33.8 Å². The van der Waals surface area contributed by atoms with Gasteiger partial charge >= 0.3 is 0 Å². The predicted octanol–water partition coefficient (Wildman–Crippen LogP) is 3.83. The van der Waals surface area contributed by atoms with E-state index in [1.54, 1.807) is 5.56 Å². The van der Waals surface area contributed by atoms with E-state index in [9.17, 15) is 0 Å². The summed E-state index contributed by atoms with van der Waals surface area (Å²) in [6.45, 7) is 1.22. The third-order valence-electron chi connectivity index (χ3n) is 3.77. The van der Waals surface area contributed by atoms with Crippen LogP contribution in [0.2, 0.25) is 0 Å². The summed E-state index contributed by atoms with van der Waals surface area (Å²) in [7, 11) is 0. The summed E-state index contributed by atoms with van der Waals surface area (Å²) in [6.07, 6.45) is 6.76. The summed E-state index contributed by atoms with van der Waals surface area (Å²) in [5, 5.41) is 3.75. The zero-order valence-electron chi connectivity index (χ0n) is 9.51. The van der Waals surface area contributed by atoms with Crippen molar-refractivity contribution in [2.75, 3.05) is 6.54 Å². The topological polar surface area (TPSA) is 12.0 Å². The van der Waals surface area contributed by atoms with Crippen LogP contribution < -0.4 is 5.32 Å². The van der Waals surface area contributed by atoms with Gasteiger partial charge in [0.15, 0.2) is 0 Å². The number of benzene rings is 1. The average Bonchev–Trinajstić information content (AvgIpc) is 3.10. The maximum absolute atomic E-state index is 3.75. The standard InChI is InChI=1S/C14H18BrN/c15-12-7-6-11-2-1-3-14(13(11)8-12)16-9-10-4-5-10/h6-8,10,14,16H,1-5,9H2. The number of fused-ring (bicyclic) bond motifs is 1. The summed E-state index contributed by atoms with van der Waals surface area (Å²) in [6, 6.07) is 7.35. The quantitative estimate of drug-likeness (QED) is 0.887. The highest BCUT2D eigenvalue weighted by atomic mass is 79.9. The maximum Gasteiger partial charge on any atom is 0.0323 e. The van der Waals surface area contributed by atoms with Crippen LogP contribution in [0.1, 0.15) is 42.9 Å². The second kappa shape index (κ2) is 4.50. The van der Waals surface area contributed by atoms with E-state index in [1.165, 1.54) is 48.7 Å². The average molecular weight is 280 g/mol. The molecule has 0 bridgehead atoms. The van der Waals surface area contributed by atoms with E-state index < -0.39 is 0 Å². The van der Waals surface area contributed by atoms with Crippen LogP contribution in [0, 0.1) is 5.92 Å². The summed E-state index contributed by atoms with van der Waals surface area (Å²) in [5.41, 5.74) is 3.07. The first-order valence-corrected chi connectivity index (χ1v) is 7.14. The first kappa shape index (κ1) is 10.8. The zero-order chi connectivity index (χ0) is 11.0. The van der Waals surface area contributed by atoms with Gasteiger partial charge < -0.3 is 5.32 Å². The van der Waals surface area contributed by atoms with Crippen molar-refractivity contribution >= 4 is 15.9 Å². The molecule has 16 heavy (non-hydrogen) atoms. The zero-order valence-corrected chi connectivity index (χ0v) is 11.1. The van der Waals surface area contributed by atoms with Crippen LogP contribution in [-0.4, -0.2) is 6.54 Å². The van der Waals surface area contributed by atoms with Crippen LogP contribution >= 0.6 is 15.9 Å². The molecule has 86 valence electrons. The van der Waals surface area contributed by atoms with Crippen molar-refractivity contribution in [2.45, 2.75) is 38.1 Å². The molecule has 0 saturated heterocycles. The number of hydrogen-bond donors (Lipinski definition) is 1. The Bertz CT molecular complexity index is 384. The van der Waals surface area contributed by atoms with Crippen molar-refractivity contribution in [3.63, 3.8) is 0 Å². The van der Waals surface area contributed by atoms with Gasteiger partial charge in [0, 0.05) is 10.5 Å². The molecule has 3 rings (SSSR count). The van der Waals surface area contributed by atoms with Gasteiger partial charge in [0.05, 0.1) is 0 Å². The molecule has 2 heteroatoms. The predicted molar refractivity (Wildman–Crippen MR) is 70.5 cm³/mol. The van der Waals surface area contributed by atoms with Gasteiger partial charge in [-0.1, -0.05) is 22.0 Å². The second-order valence-corrected chi connectivity index (χ2v) is 6.06. The minimum Gasteiger partial charge on any atom is -0.310 e. The van der Waals surface area contributed by atoms with Crippen LogP contribution in [0.5, 0.6) is 0 Å². The first-order chi connectivity index (χ1) is 7.83. The van der Waals surface area contributed by atoms with Gasteiger partial charge in [0.1, 0.15) is 0 Å². The van der Waals surface area contributed by atoms with Gasteiger partial charge in [-0.25, -0.2) is 0 Å². The monoisotopic (exact) mass is 279 g/mol. The first-order valence-electron chi connectivity index (χ1n) is 6.34. The molecule has 0 aromatic heterocycles. The lowest BCUT2D eigenvalue weighted by atomic mass is 9.88. The Morgan fingerprint density at radius 2 is 2.12 bits per heavy atom. The van der Waals surface area contributed by atoms with Crippen molar-refractivity contribution in [3.8, 4) is 0 Å². The Balaban J connectivity index is 1.77. The molecule has 0 amide bonds. The van der Waals surface area contributed by atoms with Gasteiger partial charge in [0.25, 0.3) is 0 Å². The number of nitrogens with one attached hydrogen (secondary N) is 1. The molecule has 2 aliphatic carbocycles. The van der Waals surface area contributed by atoms with Crippen LogP contribution in [0.4, 0.5) is 0 Å². The largest absolute Gasteiger partial charge is 0.310 e. The van der Waals surface area contributed by atoms with E-state index >= 15 is 0 Å². The molecule has 1 fully saturated rings. The molecule has 1 aromatic carbocycles. The molecule has 2 aliphatic rings. The van der Waals surface area contributed by atoms with E-state index in [1.807, 2.05) is 0 Å². The smallest absolute Gasteiger partial charge is 0.0323 e. The van der Waals surface area contributed by atoms with E-state index in [-0.39, 0.29) is 0 Å². The molecule has 0 spiro atoms. The summed E-state index contributed by atoms with van der Waals surface area (Å²) in [4.78, 5) is 0. The van der Waals surface area contributed by atoms with Crippen molar-refractivity contribution in [2.24, 2.45) is 5.92 Å². The molecule has 1 nitrogen and oxygen atoms in total. The van der Waals surface area contributed by atoms with Gasteiger partial charge in [0.2, 0.25) is 0 Å². The van der Waals surface area contributed by atoms with Gasteiger partial charge in [-0.15, -0.1) is 0 Å². The molecular weight excluding hydrogens is 262 g/mol. The fourth-order valence-electron chi connectivity index (χ4n) is 2.61. The molecule has 1 aromatic rings. The summed E-state index contributed by atoms with van der Waals surface area (Å²) < 4.78 is 1.21. The molecule has 0 radical (unpaired) electrons. The number of aryl methyl sites for hydroxylation is 1. The Morgan fingerprint density at radius 1 is 1.25 bits per heavy atom. The summed E-state index contributed by atoms with van der Waals surface area (Å²) >= 11 is 3.58. The maximum atomic E-state index is 3.75. The number of rotatable bonds is 3. The molecule has 0 aliphatic heterocycles. The highest BCUT2D eigenvalue weighted by Crippen LogP contribution is 2.34. The summed E-state index contributed by atoms with van der Waals surface area (Å²) in [5.74, 6) is 0.970. The number of halogens is 1. The highest BCUT2D eigenvalue weighted by Gasteiger charge is 2.25. The molecule has 1 unspecified atom stereocenters. The molecule has 0 heterocycles. The highest BCUT2D eigenvalue weighted by molar-refractivity contribution is 9.10. The van der Waals surface area contributed by atoms with Crippen LogP contribution in [0.15, 0.2) is 22.7 Å². The minimum absolute atomic E-state index is 0.599. The number of hydrogen-bond acceptors (Lipinski definition) is 1. The normalized spacial score (nSPS) is 24.2. The van der Waals surface area contributed by atoms with Crippen LogP contribution in [-0.2, 0) is 6.42 Å². The van der Waals surface area contributed by atoms with Crippen molar-refractivity contribution in [1.82, 2.24) is 5.32 Å². The molecule has 1 atom stereocenters. The molecule has 1 saturated carbocycles. The van der Waals surface area contributed by atoms with E-state index in [0.29, 0.717) is 6.04 Å². The minimum atomic E-state index is 0.599. The van der Waals surface area contributed by atoms with Crippen molar-refractivity contribution in [1.29, 1.82) is 0 Å². The van der Waals surface area contributed by atoms with Gasteiger partial charge in [-0.05, 0) is 67.8 Å². The Labute approximate surface area is 106 Å². The Kier molecular flexibility index (Phi) is 3.03.